The average molecular weight is 341 g/mol. The van der Waals surface area contributed by atoms with E-state index in [-0.39, 0.29) is 6.10 Å². The van der Waals surface area contributed by atoms with E-state index >= 15 is 0 Å². The van der Waals surface area contributed by atoms with Gasteiger partial charge in [0, 0.05) is 18.3 Å². The van der Waals surface area contributed by atoms with Crippen LogP contribution in [0.1, 0.15) is 46.1 Å². The summed E-state index contributed by atoms with van der Waals surface area (Å²) in [5, 5.41) is 3.45. The monoisotopic (exact) mass is 341 g/mol. The minimum absolute atomic E-state index is 0.235. The second kappa shape index (κ2) is 9.97. The molecule has 3 nitrogen and oxygen atoms in total. The summed E-state index contributed by atoms with van der Waals surface area (Å²) >= 11 is 0. The molecule has 0 aliphatic heterocycles. The van der Waals surface area contributed by atoms with Crippen LogP contribution >= 0.6 is 0 Å². The van der Waals surface area contributed by atoms with E-state index in [9.17, 15) is 0 Å². The van der Waals surface area contributed by atoms with Crippen molar-refractivity contribution in [1.29, 1.82) is 0 Å². The van der Waals surface area contributed by atoms with Gasteiger partial charge < -0.3 is 14.8 Å². The number of rotatable bonds is 10. The molecule has 1 N–H and O–H groups in total. The minimum Gasteiger partial charge on any atom is -0.494 e. The van der Waals surface area contributed by atoms with Gasteiger partial charge in [-0.3, -0.25) is 0 Å². The molecule has 0 aliphatic rings. The van der Waals surface area contributed by atoms with Crippen LogP contribution in [0.15, 0.2) is 48.5 Å². The van der Waals surface area contributed by atoms with Gasteiger partial charge in [0.15, 0.2) is 0 Å². The van der Waals surface area contributed by atoms with Gasteiger partial charge in [0.25, 0.3) is 0 Å². The summed E-state index contributed by atoms with van der Waals surface area (Å²) in [6, 6.07) is 16.4. The summed E-state index contributed by atoms with van der Waals surface area (Å²) < 4.78 is 11.6. The van der Waals surface area contributed by atoms with Gasteiger partial charge >= 0.3 is 0 Å². The van der Waals surface area contributed by atoms with E-state index in [1.54, 1.807) is 0 Å². The maximum Gasteiger partial charge on any atom is 0.121 e. The lowest BCUT2D eigenvalue weighted by Crippen LogP contribution is -2.09. The van der Waals surface area contributed by atoms with E-state index in [1.165, 1.54) is 5.56 Å². The number of ether oxygens (including phenoxy) is 2. The highest BCUT2D eigenvalue weighted by Crippen LogP contribution is 2.20. The summed E-state index contributed by atoms with van der Waals surface area (Å²) in [4.78, 5) is 0. The SMILES string of the molecule is CCC(C)Oc1cccc(NCc2ccc(OCCC(C)C)cc2)c1. The van der Waals surface area contributed by atoms with Crippen molar-refractivity contribution < 1.29 is 9.47 Å². The molecule has 1 atom stereocenters. The fraction of sp³-hybridized carbons (Fsp3) is 0.455. The Hall–Kier alpha value is -2.16. The Morgan fingerprint density at radius 3 is 2.40 bits per heavy atom. The molecule has 0 radical (unpaired) electrons. The van der Waals surface area contributed by atoms with Crippen molar-refractivity contribution in [2.45, 2.75) is 53.2 Å². The molecule has 0 amide bonds. The Balaban J connectivity index is 1.83. The maximum absolute atomic E-state index is 5.87. The molecule has 0 saturated heterocycles. The van der Waals surface area contributed by atoms with E-state index in [4.69, 9.17) is 9.47 Å². The fourth-order valence-electron chi connectivity index (χ4n) is 2.32. The van der Waals surface area contributed by atoms with Gasteiger partial charge in [0.1, 0.15) is 11.5 Å². The summed E-state index contributed by atoms with van der Waals surface area (Å²) in [7, 11) is 0. The molecule has 0 heterocycles. The topological polar surface area (TPSA) is 30.5 Å². The summed E-state index contributed by atoms with van der Waals surface area (Å²) in [6.45, 7) is 10.2. The van der Waals surface area contributed by atoms with Gasteiger partial charge in [-0.2, -0.15) is 0 Å². The maximum atomic E-state index is 5.87. The van der Waals surface area contributed by atoms with E-state index in [0.29, 0.717) is 5.92 Å². The first kappa shape index (κ1) is 19.2. The zero-order valence-electron chi connectivity index (χ0n) is 15.9. The van der Waals surface area contributed by atoms with Crippen LogP contribution in [0.25, 0.3) is 0 Å². The Kier molecular flexibility index (Phi) is 7.65. The second-order valence-corrected chi connectivity index (χ2v) is 6.89. The molecule has 2 aromatic carbocycles. The van der Waals surface area contributed by atoms with Crippen LogP contribution in [0, 0.1) is 5.92 Å². The highest BCUT2D eigenvalue weighted by Gasteiger charge is 2.02. The standard InChI is InChI=1S/C22H31NO2/c1-5-18(4)25-22-8-6-7-20(15-22)23-16-19-9-11-21(12-10-19)24-14-13-17(2)3/h6-12,15,17-18,23H,5,13-14,16H2,1-4H3. The van der Waals surface area contributed by atoms with Crippen molar-refractivity contribution >= 4 is 5.69 Å². The normalized spacial score (nSPS) is 12.0. The largest absolute Gasteiger partial charge is 0.494 e. The molecule has 136 valence electrons. The van der Waals surface area contributed by atoms with Crippen molar-refractivity contribution in [3.05, 3.63) is 54.1 Å². The number of anilines is 1. The van der Waals surface area contributed by atoms with Gasteiger partial charge in [-0.05, 0) is 55.5 Å². The van der Waals surface area contributed by atoms with E-state index < -0.39 is 0 Å². The molecule has 1 unspecified atom stereocenters. The average Bonchev–Trinajstić information content (AvgIpc) is 2.61. The molecular weight excluding hydrogens is 310 g/mol. The van der Waals surface area contributed by atoms with Gasteiger partial charge in [0.2, 0.25) is 0 Å². The first-order valence-corrected chi connectivity index (χ1v) is 9.29. The Morgan fingerprint density at radius 2 is 1.72 bits per heavy atom. The van der Waals surface area contributed by atoms with Crippen LogP contribution in [-0.2, 0) is 6.54 Å². The molecule has 3 heteroatoms. The number of benzene rings is 2. The van der Waals surface area contributed by atoms with Crippen molar-refractivity contribution in [2.24, 2.45) is 5.92 Å². The van der Waals surface area contributed by atoms with Gasteiger partial charge in [-0.25, -0.2) is 0 Å². The number of hydrogen-bond donors (Lipinski definition) is 1. The lowest BCUT2D eigenvalue weighted by molar-refractivity contribution is 0.217. The van der Waals surface area contributed by atoms with Crippen molar-refractivity contribution in [2.75, 3.05) is 11.9 Å². The molecular formula is C22H31NO2. The highest BCUT2D eigenvalue weighted by atomic mass is 16.5. The number of nitrogens with one attached hydrogen (secondary N) is 1. The van der Waals surface area contributed by atoms with Crippen molar-refractivity contribution in [3.63, 3.8) is 0 Å². The Labute approximate surface area is 152 Å². The minimum atomic E-state index is 0.235. The zero-order valence-corrected chi connectivity index (χ0v) is 15.9. The highest BCUT2D eigenvalue weighted by molar-refractivity contribution is 5.48. The second-order valence-electron chi connectivity index (χ2n) is 6.89. The lowest BCUT2D eigenvalue weighted by Gasteiger charge is -2.14. The molecule has 0 aromatic heterocycles. The molecule has 2 aromatic rings. The smallest absolute Gasteiger partial charge is 0.121 e. The van der Waals surface area contributed by atoms with Crippen molar-refractivity contribution in [3.8, 4) is 11.5 Å². The molecule has 25 heavy (non-hydrogen) atoms. The predicted octanol–water partition coefficient (Wildman–Crippen LogP) is 5.90. The van der Waals surface area contributed by atoms with E-state index in [0.717, 1.165) is 43.2 Å². The predicted molar refractivity (Wildman–Crippen MR) is 106 cm³/mol. The molecule has 0 bridgehead atoms. The van der Waals surface area contributed by atoms with Crippen LogP contribution in [0.2, 0.25) is 0 Å². The molecule has 2 rings (SSSR count). The van der Waals surface area contributed by atoms with Gasteiger partial charge in [-0.1, -0.05) is 39.0 Å². The van der Waals surface area contributed by atoms with Gasteiger partial charge in [0.05, 0.1) is 12.7 Å². The number of hydrogen-bond acceptors (Lipinski definition) is 3. The molecule has 0 fully saturated rings. The fourth-order valence-corrected chi connectivity index (χ4v) is 2.32. The molecule has 0 spiro atoms. The van der Waals surface area contributed by atoms with E-state index in [2.05, 4.69) is 57.3 Å². The lowest BCUT2D eigenvalue weighted by atomic mass is 10.1. The third kappa shape index (κ3) is 7.08. The summed E-state index contributed by atoms with van der Waals surface area (Å²) in [5.74, 6) is 2.52. The van der Waals surface area contributed by atoms with Crippen LogP contribution < -0.4 is 14.8 Å². The summed E-state index contributed by atoms with van der Waals surface area (Å²) in [6.07, 6.45) is 2.32. The van der Waals surface area contributed by atoms with E-state index in [1.807, 2.05) is 24.3 Å². The van der Waals surface area contributed by atoms with Gasteiger partial charge in [-0.15, -0.1) is 0 Å². The zero-order chi connectivity index (χ0) is 18.1. The molecule has 0 saturated carbocycles. The third-order valence-electron chi connectivity index (χ3n) is 4.13. The Bertz CT molecular complexity index is 622. The van der Waals surface area contributed by atoms with Crippen molar-refractivity contribution in [1.82, 2.24) is 0 Å². The molecule has 0 aliphatic carbocycles. The Morgan fingerprint density at radius 1 is 0.960 bits per heavy atom. The third-order valence-corrected chi connectivity index (χ3v) is 4.13. The summed E-state index contributed by atoms with van der Waals surface area (Å²) in [5.41, 5.74) is 2.29. The first-order chi connectivity index (χ1) is 12.1. The quantitative estimate of drug-likeness (QED) is 0.583. The van der Waals surface area contributed by atoms with Crippen LogP contribution in [0.3, 0.4) is 0 Å². The van der Waals surface area contributed by atoms with Crippen LogP contribution in [0.4, 0.5) is 5.69 Å². The van der Waals surface area contributed by atoms with Crippen LogP contribution in [-0.4, -0.2) is 12.7 Å². The van der Waals surface area contributed by atoms with Crippen LogP contribution in [0.5, 0.6) is 11.5 Å². The first-order valence-electron chi connectivity index (χ1n) is 9.29.